The first-order chi connectivity index (χ1) is 10.3. The Labute approximate surface area is 126 Å². The van der Waals surface area contributed by atoms with Crippen molar-refractivity contribution in [3.05, 3.63) is 48.3 Å². The van der Waals surface area contributed by atoms with Crippen LogP contribution in [0.5, 0.6) is 0 Å². The predicted molar refractivity (Wildman–Crippen MR) is 86.4 cm³/mol. The molecule has 21 heavy (non-hydrogen) atoms. The fourth-order valence-electron chi connectivity index (χ4n) is 2.96. The molecule has 1 saturated heterocycles. The lowest BCUT2D eigenvalue weighted by Gasteiger charge is -2.32. The molecule has 1 aromatic carbocycles. The maximum absolute atomic E-state index is 4.20. The predicted octanol–water partition coefficient (Wildman–Crippen LogP) is 2.54. The number of hydrogen-bond acceptors (Lipinski definition) is 3. The largest absolute Gasteiger partial charge is 0.380 e. The molecule has 1 fully saturated rings. The lowest BCUT2D eigenvalue weighted by molar-refractivity contribution is 0.221. The van der Waals surface area contributed by atoms with Crippen molar-refractivity contribution in [3.63, 3.8) is 0 Å². The van der Waals surface area contributed by atoms with Gasteiger partial charge >= 0.3 is 0 Å². The van der Waals surface area contributed by atoms with Gasteiger partial charge in [0.05, 0.1) is 11.9 Å². The number of piperidine rings is 1. The Morgan fingerprint density at radius 2 is 1.95 bits per heavy atom. The van der Waals surface area contributed by atoms with Gasteiger partial charge in [-0.25, -0.2) is 0 Å². The van der Waals surface area contributed by atoms with Crippen LogP contribution in [0.25, 0.3) is 0 Å². The molecule has 2 heterocycles. The van der Waals surface area contributed by atoms with E-state index in [1.165, 1.54) is 38.0 Å². The van der Waals surface area contributed by atoms with Crippen molar-refractivity contribution >= 4 is 5.69 Å². The van der Waals surface area contributed by atoms with E-state index >= 15 is 0 Å². The Kier molecular flexibility index (Phi) is 4.55. The molecular formula is C17H24N4. The zero-order valence-corrected chi connectivity index (χ0v) is 12.7. The first kappa shape index (κ1) is 14.1. The molecular weight excluding hydrogens is 260 g/mol. The van der Waals surface area contributed by atoms with E-state index in [1.807, 2.05) is 24.1 Å². The van der Waals surface area contributed by atoms with Crippen LogP contribution in [0.15, 0.2) is 42.7 Å². The normalized spacial score (nSPS) is 17.0. The van der Waals surface area contributed by atoms with Gasteiger partial charge in [-0.05, 0) is 24.8 Å². The van der Waals surface area contributed by atoms with E-state index in [2.05, 4.69) is 45.6 Å². The molecule has 1 aliphatic rings. The standard InChI is InChI=1S/C17H24N4/c1-20-14-17(13-18-20)19-16-8-11-21(12-9-16)10-7-15-5-3-2-4-6-15/h2-6,13-14,16,19H,7-12H2,1H3. The van der Waals surface area contributed by atoms with Crippen LogP contribution in [0, 0.1) is 0 Å². The van der Waals surface area contributed by atoms with Crippen molar-refractivity contribution in [2.24, 2.45) is 7.05 Å². The summed E-state index contributed by atoms with van der Waals surface area (Å²) in [5.74, 6) is 0. The minimum Gasteiger partial charge on any atom is -0.380 e. The smallest absolute Gasteiger partial charge is 0.0728 e. The molecule has 0 radical (unpaired) electrons. The van der Waals surface area contributed by atoms with E-state index in [-0.39, 0.29) is 0 Å². The van der Waals surface area contributed by atoms with Crippen LogP contribution in [0.3, 0.4) is 0 Å². The minimum atomic E-state index is 0.585. The van der Waals surface area contributed by atoms with Crippen molar-refractivity contribution in [1.82, 2.24) is 14.7 Å². The molecule has 4 nitrogen and oxygen atoms in total. The van der Waals surface area contributed by atoms with E-state index in [4.69, 9.17) is 0 Å². The first-order valence-corrected chi connectivity index (χ1v) is 7.81. The highest BCUT2D eigenvalue weighted by Crippen LogP contribution is 2.16. The average Bonchev–Trinajstić information content (AvgIpc) is 2.93. The number of anilines is 1. The summed E-state index contributed by atoms with van der Waals surface area (Å²) in [5, 5.41) is 7.79. The number of nitrogens with zero attached hydrogens (tertiary/aromatic N) is 3. The van der Waals surface area contributed by atoms with Crippen LogP contribution in [0.2, 0.25) is 0 Å². The highest BCUT2D eigenvalue weighted by molar-refractivity contribution is 5.39. The summed E-state index contributed by atoms with van der Waals surface area (Å²) < 4.78 is 1.84. The molecule has 1 aliphatic heterocycles. The maximum atomic E-state index is 4.20. The van der Waals surface area contributed by atoms with E-state index in [9.17, 15) is 0 Å². The average molecular weight is 284 g/mol. The third-order valence-electron chi connectivity index (χ3n) is 4.22. The van der Waals surface area contributed by atoms with E-state index in [1.54, 1.807) is 0 Å². The molecule has 4 heteroatoms. The van der Waals surface area contributed by atoms with Gasteiger partial charge in [0.15, 0.2) is 0 Å². The maximum Gasteiger partial charge on any atom is 0.0728 e. The summed E-state index contributed by atoms with van der Waals surface area (Å²) in [7, 11) is 1.96. The van der Waals surface area contributed by atoms with Crippen molar-refractivity contribution in [1.29, 1.82) is 0 Å². The Balaban J connectivity index is 1.40. The number of likely N-dealkylation sites (tertiary alicyclic amines) is 1. The van der Waals surface area contributed by atoms with Crippen molar-refractivity contribution in [3.8, 4) is 0 Å². The Morgan fingerprint density at radius 1 is 1.19 bits per heavy atom. The summed E-state index contributed by atoms with van der Waals surface area (Å²) in [6, 6.07) is 11.4. The van der Waals surface area contributed by atoms with Gasteiger partial charge in [-0.3, -0.25) is 4.68 Å². The van der Waals surface area contributed by atoms with Crippen LogP contribution >= 0.6 is 0 Å². The second-order valence-electron chi connectivity index (χ2n) is 5.90. The summed E-state index contributed by atoms with van der Waals surface area (Å²) in [6.07, 6.45) is 7.53. The molecule has 0 atom stereocenters. The second kappa shape index (κ2) is 6.76. The molecule has 2 aromatic rings. The van der Waals surface area contributed by atoms with E-state index in [0.29, 0.717) is 6.04 Å². The molecule has 0 unspecified atom stereocenters. The summed E-state index contributed by atoms with van der Waals surface area (Å²) in [4.78, 5) is 2.58. The zero-order chi connectivity index (χ0) is 14.5. The number of rotatable bonds is 5. The third kappa shape index (κ3) is 4.08. The highest BCUT2D eigenvalue weighted by Gasteiger charge is 2.18. The van der Waals surface area contributed by atoms with Crippen LogP contribution < -0.4 is 5.32 Å². The third-order valence-corrected chi connectivity index (χ3v) is 4.22. The van der Waals surface area contributed by atoms with Gasteiger partial charge in [-0.2, -0.15) is 5.10 Å². The number of benzene rings is 1. The number of aromatic nitrogens is 2. The Hall–Kier alpha value is -1.81. The van der Waals surface area contributed by atoms with Gasteiger partial charge in [-0.15, -0.1) is 0 Å². The van der Waals surface area contributed by atoms with Gasteiger partial charge in [0, 0.05) is 38.9 Å². The topological polar surface area (TPSA) is 33.1 Å². The SMILES string of the molecule is Cn1cc(NC2CCN(CCc3ccccc3)CC2)cn1. The number of hydrogen-bond donors (Lipinski definition) is 1. The van der Waals surface area contributed by atoms with Crippen molar-refractivity contribution in [2.45, 2.75) is 25.3 Å². The van der Waals surface area contributed by atoms with Gasteiger partial charge in [0.25, 0.3) is 0 Å². The summed E-state index contributed by atoms with van der Waals surface area (Å²) in [5.41, 5.74) is 2.58. The van der Waals surface area contributed by atoms with Gasteiger partial charge < -0.3 is 10.2 Å². The molecule has 1 aromatic heterocycles. The molecule has 0 aliphatic carbocycles. The quantitative estimate of drug-likeness (QED) is 0.916. The fourth-order valence-corrected chi connectivity index (χ4v) is 2.96. The van der Waals surface area contributed by atoms with E-state index < -0.39 is 0 Å². The number of nitrogens with one attached hydrogen (secondary N) is 1. The summed E-state index contributed by atoms with van der Waals surface area (Å²) in [6.45, 7) is 3.54. The highest BCUT2D eigenvalue weighted by atomic mass is 15.3. The molecule has 3 rings (SSSR count). The lowest BCUT2D eigenvalue weighted by atomic mass is 10.0. The van der Waals surface area contributed by atoms with Crippen LogP contribution in [-0.4, -0.2) is 40.4 Å². The first-order valence-electron chi connectivity index (χ1n) is 7.81. The second-order valence-corrected chi connectivity index (χ2v) is 5.90. The fraction of sp³-hybridized carbons (Fsp3) is 0.471. The minimum absolute atomic E-state index is 0.585. The summed E-state index contributed by atoms with van der Waals surface area (Å²) >= 11 is 0. The molecule has 0 bridgehead atoms. The molecule has 0 saturated carbocycles. The molecule has 0 amide bonds. The lowest BCUT2D eigenvalue weighted by Crippen LogP contribution is -2.39. The Morgan fingerprint density at radius 3 is 2.62 bits per heavy atom. The van der Waals surface area contributed by atoms with Crippen molar-refractivity contribution in [2.75, 3.05) is 25.0 Å². The zero-order valence-electron chi connectivity index (χ0n) is 12.7. The van der Waals surface area contributed by atoms with Gasteiger partial charge in [0.1, 0.15) is 0 Å². The van der Waals surface area contributed by atoms with Crippen molar-refractivity contribution < 1.29 is 0 Å². The van der Waals surface area contributed by atoms with Gasteiger partial charge in [-0.1, -0.05) is 30.3 Å². The molecule has 0 spiro atoms. The van der Waals surface area contributed by atoms with Crippen LogP contribution in [0.4, 0.5) is 5.69 Å². The van der Waals surface area contributed by atoms with Crippen LogP contribution in [0.1, 0.15) is 18.4 Å². The van der Waals surface area contributed by atoms with E-state index in [0.717, 1.165) is 12.1 Å². The molecule has 1 N–H and O–H groups in total. The van der Waals surface area contributed by atoms with Gasteiger partial charge in [0.2, 0.25) is 0 Å². The number of aryl methyl sites for hydroxylation is 1. The Bertz CT molecular complexity index is 541. The van der Waals surface area contributed by atoms with Crippen LogP contribution in [-0.2, 0) is 13.5 Å². The molecule has 112 valence electrons. The monoisotopic (exact) mass is 284 g/mol.